The quantitative estimate of drug-likeness (QED) is 0.286. The number of halogens is 5. The molecule has 0 radical (unpaired) electrons. The second-order valence-electron chi connectivity index (χ2n) is 10.8. The minimum absolute atomic E-state index is 0.172. The second kappa shape index (κ2) is 13.1. The summed E-state index contributed by atoms with van der Waals surface area (Å²) in [4.78, 5) is 40.1. The number of carboxylic acid groups (broad SMARTS) is 1. The molecule has 2 aromatic rings. The molecule has 3 atom stereocenters. The average Bonchev–Trinajstić information content (AvgIpc) is 2.99. The van der Waals surface area contributed by atoms with Crippen molar-refractivity contribution in [3.05, 3.63) is 71.0 Å². The fourth-order valence-corrected chi connectivity index (χ4v) is 5.77. The minimum Gasteiger partial charge on any atom is -0.481 e. The van der Waals surface area contributed by atoms with E-state index >= 15 is 8.78 Å². The van der Waals surface area contributed by atoms with Crippen LogP contribution in [0.5, 0.6) is 0 Å². The molecule has 10 nitrogen and oxygen atoms in total. The number of imide groups is 1. The summed E-state index contributed by atoms with van der Waals surface area (Å²) < 4.78 is 77.1. The standard InChI is InChI=1S/C29H30F5N5O5/c1-44-13-21-22(25(40)41)24(17-11-19(30)23(32)20(31)12-17)39(27(43)37-21)26(42)36-15-29(33,34)16-38-9-7-28(14-35,8-10-38)18-5-3-2-4-6-18/h2-6,11-12,21-22,24H,7-10,13,15-16H2,1H3,(H,36,42)(H,37,43)(H,40,41). The van der Waals surface area contributed by atoms with Crippen molar-refractivity contribution in [1.29, 1.82) is 5.26 Å². The van der Waals surface area contributed by atoms with Crippen LogP contribution in [0.2, 0.25) is 0 Å². The van der Waals surface area contributed by atoms with Crippen LogP contribution in [0.3, 0.4) is 0 Å². The molecular formula is C29H30F5N5O5. The molecule has 0 bridgehead atoms. The van der Waals surface area contributed by atoms with Crippen LogP contribution in [0.1, 0.15) is 30.0 Å². The fraction of sp³-hybridized carbons (Fsp3) is 0.448. The first kappa shape index (κ1) is 32.6. The maximum absolute atomic E-state index is 15.1. The van der Waals surface area contributed by atoms with Crippen molar-refractivity contribution in [1.82, 2.24) is 20.4 Å². The van der Waals surface area contributed by atoms with Gasteiger partial charge in [0.05, 0.1) is 43.3 Å². The molecule has 4 rings (SSSR count). The Morgan fingerprint density at radius 1 is 1.16 bits per heavy atom. The molecule has 2 aromatic carbocycles. The van der Waals surface area contributed by atoms with Crippen LogP contribution < -0.4 is 10.6 Å². The number of carbonyl (C=O) groups is 3. The van der Waals surface area contributed by atoms with Gasteiger partial charge >= 0.3 is 18.0 Å². The second-order valence-corrected chi connectivity index (χ2v) is 10.8. The Morgan fingerprint density at radius 3 is 2.32 bits per heavy atom. The van der Waals surface area contributed by atoms with Crippen molar-refractivity contribution in [2.45, 2.75) is 36.3 Å². The van der Waals surface area contributed by atoms with Gasteiger partial charge in [0.15, 0.2) is 17.5 Å². The summed E-state index contributed by atoms with van der Waals surface area (Å²) in [5, 5.41) is 24.0. The first-order chi connectivity index (χ1) is 20.8. The van der Waals surface area contributed by atoms with E-state index in [1.165, 1.54) is 12.0 Å². The number of ether oxygens (including phenoxy) is 1. The lowest BCUT2D eigenvalue weighted by molar-refractivity contribution is -0.146. The Kier molecular flexibility index (Phi) is 9.75. The van der Waals surface area contributed by atoms with Crippen molar-refractivity contribution in [3.63, 3.8) is 0 Å². The van der Waals surface area contributed by atoms with Gasteiger partial charge in [0.2, 0.25) is 0 Å². The highest BCUT2D eigenvalue weighted by atomic mass is 19.3. The van der Waals surface area contributed by atoms with Crippen molar-refractivity contribution in [2.75, 3.05) is 39.9 Å². The predicted molar refractivity (Wildman–Crippen MR) is 144 cm³/mol. The highest BCUT2D eigenvalue weighted by Gasteiger charge is 2.50. The van der Waals surface area contributed by atoms with Gasteiger partial charge in [0.1, 0.15) is 5.92 Å². The summed E-state index contributed by atoms with van der Waals surface area (Å²) in [5.41, 5.74) is -0.610. The molecule has 2 aliphatic rings. The third-order valence-electron chi connectivity index (χ3n) is 7.98. The number of nitriles is 1. The predicted octanol–water partition coefficient (Wildman–Crippen LogP) is 3.79. The van der Waals surface area contributed by atoms with Crippen LogP contribution in [-0.2, 0) is 14.9 Å². The summed E-state index contributed by atoms with van der Waals surface area (Å²) in [6.07, 6.45) is 0.602. The van der Waals surface area contributed by atoms with Crippen molar-refractivity contribution < 1.29 is 46.2 Å². The van der Waals surface area contributed by atoms with Gasteiger partial charge in [0, 0.05) is 20.2 Å². The number of amides is 4. The van der Waals surface area contributed by atoms with Crippen LogP contribution in [0.15, 0.2) is 42.5 Å². The van der Waals surface area contributed by atoms with Gasteiger partial charge in [-0.15, -0.1) is 0 Å². The number of piperidine rings is 1. The minimum atomic E-state index is -3.53. The lowest BCUT2D eigenvalue weighted by Gasteiger charge is -2.43. The maximum atomic E-state index is 15.1. The Hall–Kier alpha value is -4.29. The van der Waals surface area contributed by atoms with Gasteiger partial charge in [-0.25, -0.2) is 36.4 Å². The number of methoxy groups -OCH3 is 1. The number of nitrogens with zero attached hydrogens (tertiary/aromatic N) is 3. The van der Waals surface area contributed by atoms with E-state index in [1.807, 2.05) is 23.5 Å². The molecule has 3 N–H and O–H groups in total. The number of urea groups is 2. The molecular weight excluding hydrogens is 593 g/mol. The van der Waals surface area contributed by atoms with Crippen molar-refractivity contribution in [3.8, 4) is 6.07 Å². The van der Waals surface area contributed by atoms with Crippen LogP contribution in [0.25, 0.3) is 0 Å². The lowest BCUT2D eigenvalue weighted by atomic mass is 9.74. The van der Waals surface area contributed by atoms with E-state index < -0.39 is 83.5 Å². The molecule has 0 aromatic heterocycles. The molecule has 15 heteroatoms. The van der Waals surface area contributed by atoms with Crippen LogP contribution >= 0.6 is 0 Å². The highest BCUT2D eigenvalue weighted by molar-refractivity contribution is 5.96. The maximum Gasteiger partial charge on any atom is 0.326 e. The summed E-state index contributed by atoms with van der Waals surface area (Å²) in [6.45, 7) is -2.10. The zero-order valence-corrected chi connectivity index (χ0v) is 23.5. The summed E-state index contributed by atoms with van der Waals surface area (Å²) >= 11 is 0. The van der Waals surface area contributed by atoms with E-state index in [-0.39, 0.29) is 24.6 Å². The topological polar surface area (TPSA) is 135 Å². The van der Waals surface area contributed by atoms with Crippen LogP contribution in [0, 0.1) is 34.7 Å². The summed E-state index contributed by atoms with van der Waals surface area (Å²) in [7, 11) is 1.20. The number of nitrogens with one attached hydrogen (secondary N) is 2. The van der Waals surface area contributed by atoms with E-state index in [2.05, 4.69) is 11.4 Å². The third-order valence-corrected chi connectivity index (χ3v) is 7.98. The van der Waals surface area contributed by atoms with Gasteiger partial charge in [-0.1, -0.05) is 30.3 Å². The number of aliphatic carboxylic acids is 1. The Morgan fingerprint density at radius 2 is 1.77 bits per heavy atom. The number of likely N-dealkylation sites (tertiary alicyclic amines) is 1. The monoisotopic (exact) mass is 623 g/mol. The molecule has 44 heavy (non-hydrogen) atoms. The summed E-state index contributed by atoms with van der Waals surface area (Å²) in [6, 6.07) is 6.28. The SMILES string of the molecule is COCC1NC(=O)N(C(=O)NCC(F)(F)CN2CCC(C#N)(c3ccccc3)CC2)C(c2cc(F)c(F)c(F)c2)C1C(=O)O. The molecule has 236 valence electrons. The summed E-state index contributed by atoms with van der Waals surface area (Å²) in [5.74, 6) is -12.2. The number of hydrogen-bond acceptors (Lipinski definition) is 6. The molecule has 3 unspecified atom stereocenters. The number of hydrogen-bond donors (Lipinski definition) is 3. The zero-order chi connectivity index (χ0) is 32.2. The molecule has 2 fully saturated rings. The van der Waals surface area contributed by atoms with E-state index in [4.69, 9.17) is 4.74 Å². The lowest BCUT2D eigenvalue weighted by Crippen LogP contribution is -2.64. The normalized spacial score (nSPS) is 22.2. The van der Waals surface area contributed by atoms with Crippen molar-refractivity contribution >= 4 is 18.0 Å². The first-order valence-electron chi connectivity index (χ1n) is 13.6. The zero-order valence-electron chi connectivity index (χ0n) is 23.5. The number of rotatable bonds is 9. The van der Waals surface area contributed by atoms with E-state index in [0.29, 0.717) is 25.0 Å². The number of carboxylic acids is 1. The highest BCUT2D eigenvalue weighted by Crippen LogP contribution is 2.37. The van der Waals surface area contributed by atoms with Gasteiger partial charge in [-0.3, -0.25) is 9.69 Å². The van der Waals surface area contributed by atoms with Gasteiger partial charge in [0.25, 0.3) is 5.92 Å². The molecule has 2 heterocycles. The molecule has 0 aliphatic carbocycles. The number of alkyl halides is 2. The number of carbonyl (C=O) groups excluding carboxylic acids is 2. The van der Waals surface area contributed by atoms with E-state index in [0.717, 1.165) is 5.56 Å². The molecule has 2 aliphatic heterocycles. The molecule has 2 saturated heterocycles. The Balaban J connectivity index is 1.50. The third kappa shape index (κ3) is 6.76. The van der Waals surface area contributed by atoms with E-state index in [1.54, 1.807) is 12.1 Å². The molecule has 4 amide bonds. The van der Waals surface area contributed by atoms with Gasteiger partial charge in [-0.05, 0) is 36.1 Å². The number of benzene rings is 2. The average molecular weight is 624 g/mol. The molecule has 0 saturated carbocycles. The fourth-order valence-electron chi connectivity index (χ4n) is 5.77. The van der Waals surface area contributed by atoms with Crippen LogP contribution in [-0.4, -0.2) is 84.8 Å². The molecule has 0 spiro atoms. The largest absolute Gasteiger partial charge is 0.481 e. The van der Waals surface area contributed by atoms with Gasteiger partial charge < -0.3 is 20.5 Å². The Bertz CT molecular complexity index is 1410. The van der Waals surface area contributed by atoms with Gasteiger partial charge in [-0.2, -0.15) is 5.26 Å². The van der Waals surface area contributed by atoms with Crippen LogP contribution in [0.4, 0.5) is 31.5 Å². The Labute approximate surface area is 249 Å². The van der Waals surface area contributed by atoms with Crippen molar-refractivity contribution in [2.24, 2.45) is 5.92 Å². The smallest absolute Gasteiger partial charge is 0.326 e. The van der Waals surface area contributed by atoms with E-state index in [9.17, 15) is 37.9 Å². The first-order valence-corrected chi connectivity index (χ1v) is 13.6.